The Morgan fingerprint density at radius 1 is 1.03 bits per heavy atom. The van der Waals surface area contributed by atoms with E-state index in [0.717, 1.165) is 27.6 Å². The first-order valence-corrected chi connectivity index (χ1v) is 10.2. The van der Waals surface area contributed by atoms with Crippen molar-refractivity contribution in [2.75, 3.05) is 23.4 Å². The van der Waals surface area contributed by atoms with Crippen molar-refractivity contribution in [1.82, 2.24) is 0 Å². The lowest BCUT2D eigenvalue weighted by molar-refractivity contribution is -0.151. The maximum Gasteiger partial charge on any atom is 0.311 e. The van der Waals surface area contributed by atoms with Gasteiger partial charge in [-0.05, 0) is 48.6 Å². The first kappa shape index (κ1) is 20.6. The van der Waals surface area contributed by atoms with Crippen molar-refractivity contribution in [3.63, 3.8) is 0 Å². The first-order valence-electron chi connectivity index (χ1n) is 10.2. The molecule has 1 aliphatic heterocycles. The Bertz CT molecular complexity index is 1150. The number of anilines is 2. The van der Waals surface area contributed by atoms with Crippen molar-refractivity contribution in [2.45, 2.75) is 20.3 Å². The number of nitrogens with one attached hydrogen (secondary N) is 1. The maximum absolute atomic E-state index is 12.5. The monoisotopic (exact) mass is 416 g/mol. The van der Waals surface area contributed by atoms with Crippen LogP contribution < -0.4 is 10.2 Å². The number of ether oxygens (including phenoxy) is 1. The van der Waals surface area contributed by atoms with Crippen molar-refractivity contribution in [3.05, 3.63) is 71.8 Å². The van der Waals surface area contributed by atoms with Crippen molar-refractivity contribution in [1.29, 1.82) is 0 Å². The van der Waals surface area contributed by atoms with E-state index in [1.54, 1.807) is 11.0 Å². The van der Waals surface area contributed by atoms with E-state index in [2.05, 4.69) is 5.32 Å². The summed E-state index contributed by atoms with van der Waals surface area (Å²) in [7, 11) is 0. The fourth-order valence-electron chi connectivity index (χ4n) is 4.00. The van der Waals surface area contributed by atoms with E-state index in [1.807, 2.05) is 68.4 Å². The van der Waals surface area contributed by atoms with E-state index in [4.69, 9.17) is 4.74 Å². The molecule has 4 rings (SSSR count). The molecule has 6 nitrogen and oxygen atoms in total. The molecular formula is C25H24N2O4. The van der Waals surface area contributed by atoms with Crippen LogP contribution in [0, 0.1) is 19.8 Å². The molecule has 0 aliphatic carbocycles. The third kappa shape index (κ3) is 4.58. The number of hydrogen-bond donors (Lipinski definition) is 1. The third-order valence-electron chi connectivity index (χ3n) is 5.39. The molecule has 1 fully saturated rings. The van der Waals surface area contributed by atoms with Crippen molar-refractivity contribution < 1.29 is 19.1 Å². The number of nitrogens with zero attached hydrogens (tertiary/aromatic N) is 1. The van der Waals surface area contributed by atoms with E-state index in [-0.39, 0.29) is 18.9 Å². The number of carbonyl (C=O) groups is 3. The van der Waals surface area contributed by atoms with Gasteiger partial charge in [-0.15, -0.1) is 0 Å². The molecule has 3 aromatic carbocycles. The predicted octanol–water partition coefficient (Wildman–Crippen LogP) is 3.99. The van der Waals surface area contributed by atoms with Gasteiger partial charge in [-0.25, -0.2) is 0 Å². The lowest BCUT2D eigenvalue weighted by Crippen LogP contribution is -2.28. The summed E-state index contributed by atoms with van der Waals surface area (Å²) in [5, 5.41) is 4.71. The standard InChI is InChI=1S/C25H24N2O4/c1-16-10-17(2)12-20(11-16)27-14-19(13-24(27)29)25(30)31-15-23(28)26-22-9-5-7-18-6-3-4-8-21(18)22/h3-12,19H,13-15H2,1-2H3,(H,26,28)/t19-/m0/s1. The molecule has 158 valence electrons. The number of fused-ring (bicyclic) bond motifs is 1. The second kappa shape index (κ2) is 8.60. The normalized spacial score (nSPS) is 15.9. The Morgan fingerprint density at radius 3 is 2.52 bits per heavy atom. The summed E-state index contributed by atoms with van der Waals surface area (Å²) in [6, 6.07) is 19.2. The van der Waals surface area contributed by atoms with Gasteiger partial charge < -0.3 is 15.0 Å². The molecule has 0 saturated carbocycles. The molecule has 31 heavy (non-hydrogen) atoms. The van der Waals surface area contributed by atoms with Crippen molar-refractivity contribution >= 4 is 39.9 Å². The Hall–Kier alpha value is -3.67. The van der Waals surface area contributed by atoms with Crippen LogP contribution in [0.1, 0.15) is 17.5 Å². The molecule has 1 heterocycles. The lowest BCUT2D eigenvalue weighted by atomic mass is 10.1. The summed E-state index contributed by atoms with van der Waals surface area (Å²) < 4.78 is 5.22. The van der Waals surface area contributed by atoms with E-state index < -0.39 is 24.4 Å². The van der Waals surface area contributed by atoms with E-state index >= 15 is 0 Å². The first-order chi connectivity index (χ1) is 14.9. The van der Waals surface area contributed by atoms with Gasteiger partial charge in [-0.2, -0.15) is 0 Å². The number of carbonyl (C=O) groups excluding carboxylic acids is 3. The second-order valence-electron chi connectivity index (χ2n) is 7.93. The topological polar surface area (TPSA) is 75.7 Å². The summed E-state index contributed by atoms with van der Waals surface area (Å²) in [6.45, 7) is 3.80. The highest BCUT2D eigenvalue weighted by molar-refractivity contribution is 6.03. The van der Waals surface area contributed by atoms with Crippen LogP contribution in [-0.4, -0.2) is 30.9 Å². The van der Waals surface area contributed by atoms with Crippen molar-refractivity contribution in [3.8, 4) is 0 Å². The zero-order chi connectivity index (χ0) is 22.0. The number of aryl methyl sites for hydroxylation is 2. The Kier molecular flexibility index (Phi) is 5.71. The lowest BCUT2D eigenvalue weighted by Gasteiger charge is -2.18. The summed E-state index contributed by atoms with van der Waals surface area (Å²) in [4.78, 5) is 38.9. The SMILES string of the molecule is Cc1cc(C)cc(N2C[C@@H](C(=O)OCC(=O)Nc3cccc4ccccc34)CC2=O)c1. The summed E-state index contributed by atoms with van der Waals surface area (Å²) >= 11 is 0. The summed E-state index contributed by atoms with van der Waals surface area (Å²) in [6.07, 6.45) is 0.0801. The van der Waals surface area contributed by atoms with Gasteiger partial charge >= 0.3 is 5.97 Å². The van der Waals surface area contributed by atoms with Crippen LogP contribution in [0.2, 0.25) is 0 Å². The molecule has 0 aromatic heterocycles. The van der Waals surface area contributed by atoms with Gasteiger partial charge in [0.1, 0.15) is 0 Å². The van der Waals surface area contributed by atoms with Gasteiger partial charge in [0.15, 0.2) is 6.61 Å². The number of benzene rings is 3. The van der Waals surface area contributed by atoms with E-state index in [0.29, 0.717) is 5.69 Å². The summed E-state index contributed by atoms with van der Waals surface area (Å²) in [5.74, 6) is -1.65. The molecule has 3 aromatic rings. The smallest absolute Gasteiger partial charge is 0.311 e. The Labute approximate surface area is 180 Å². The average Bonchev–Trinajstić information content (AvgIpc) is 3.13. The number of esters is 1. The molecule has 0 radical (unpaired) electrons. The maximum atomic E-state index is 12.5. The highest BCUT2D eigenvalue weighted by Crippen LogP contribution is 2.28. The molecule has 0 bridgehead atoms. The largest absolute Gasteiger partial charge is 0.455 e. The fraction of sp³-hybridized carbons (Fsp3) is 0.240. The van der Waals surface area contributed by atoms with Crippen LogP contribution in [0.25, 0.3) is 10.8 Å². The van der Waals surface area contributed by atoms with Crippen LogP contribution in [0.3, 0.4) is 0 Å². The van der Waals surface area contributed by atoms with E-state index in [9.17, 15) is 14.4 Å². The Morgan fingerprint density at radius 2 is 1.74 bits per heavy atom. The number of hydrogen-bond acceptors (Lipinski definition) is 4. The van der Waals surface area contributed by atoms with Crippen molar-refractivity contribution in [2.24, 2.45) is 5.92 Å². The molecule has 2 amide bonds. The number of rotatable bonds is 5. The van der Waals surface area contributed by atoms with Gasteiger partial charge in [-0.1, -0.05) is 42.5 Å². The minimum atomic E-state index is -0.585. The van der Waals surface area contributed by atoms with Gasteiger partial charge in [0.25, 0.3) is 5.91 Å². The minimum Gasteiger partial charge on any atom is -0.455 e. The van der Waals surface area contributed by atoms with E-state index in [1.165, 1.54) is 0 Å². The van der Waals surface area contributed by atoms with Gasteiger partial charge in [0.05, 0.1) is 5.92 Å². The highest BCUT2D eigenvalue weighted by atomic mass is 16.5. The highest BCUT2D eigenvalue weighted by Gasteiger charge is 2.36. The van der Waals surface area contributed by atoms with Crippen LogP contribution in [0.15, 0.2) is 60.7 Å². The van der Waals surface area contributed by atoms with Gasteiger partial charge in [0.2, 0.25) is 5.91 Å². The molecule has 1 N–H and O–H groups in total. The van der Waals surface area contributed by atoms with Crippen LogP contribution in [0.4, 0.5) is 11.4 Å². The fourth-order valence-corrected chi connectivity index (χ4v) is 4.00. The molecule has 6 heteroatoms. The molecule has 1 aliphatic rings. The van der Waals surface area contributed by atoms with Gasteiger partial charge in [-0.3, -0.25) is 14.4 Å². The van der Waals surface area contributed by atoms with Crippen LogP contribution >= 0.6 is 0 Å². The molecular weight excluding hydrogens is 392 g/mol. The molecule has 1 atom stereocenters. The molecule has 1 saturated heterocycles. The molecule has 0 unspecified atom stereocenters. The van der Waals surface area contributed by atoms with Crippen LogP contribution in [0.5, 0.6) is 0 Å². The average molecular weight is 416 g/mol. The van der Waals surface area contributed by atoms with Gasteiger partial charge in [0, 0.05) is 29.7 Å². The second-order valence-corrected chi connectivity index (χ2v) is 7.93. The predicted molar refractivity (Wildman–Crippen MR) is 120 cm³/mol. The summed E-state index contributed by atoms with van der Waals surface area (Å²) in [5.41, 5.74) is 3.56. The molecule has 0 spiro atoms. The Balaban J connectivity index is 1.35. The zero-order valence-corrected chi connectivity index (χ0v) is 17.6. The quantitative estimate of drug-likeness (QED) is 0.638. The number of amides is 2. The zero-order valence-electron chi connectivity index (χ0n) is 17.6. The third-order valence-corrected chi connectivity index (χ3v) is 5.39. The van der Waals surface area contributed by atoms with Crippen LogP contribution in [-0.2, 0) is 19.1 Å². The minimum absolute atomic E-state index is 0.0801.